The Balaban J connectivity index is 1.43. The molecule has 0 saturated carbocycles. The third-order valence-corrected chi connectivity index (χ3v) is 4.93. The lowest BCUT2D eigenvalue weighted by atomic mass is 10.2. The summed E-state index contributed by atoms with van der Waals surface area (Å²) in [4.78, 5) is 31.2. The molecule has 12 nitrogen and oxygen atoms in total. The topological polar surface area (TPSA) is 146 Å². The van der Waals surface area contributed by atoms with Gasteiger partial charge in [-0.1, -0.05) is 0 Å². The SMILES string of the molecule is COc1ccc(/C=N/NC(=O)c2nc3nc(C)cc(C)n3n2)cc1OCc1ccc([N+](=O)[O-])cc1. The molecule has 2 aromatic heterocycles. The maximum atomic E-state index is 12.4. The van der Waals surface area contributed by atoms with Crippen LogP contribution in [0, 0.1) is 24.0 Å². The maximum absolute atomic E-state index is 12.4. The summed E-state index contributed by atoms with van der Waals surface area (Å²) in [5.41, 5.74) is 5.38. The lowest BCUT2D eigenvalue weighted by molar-refractivity contribution is -0.384. The zero-order valence-electron chi connectivity index (χ0n) is 19.1. The molecule has 0 unspecified atom stereocenters. The molecule has 4 rings (SSSR count). The smallest absolute Gasteiger partial charge is 0.311 e. The van der Waals surface area contributed by atoms with Gasteiger partial charge in [0.05, 0.1) is 18.2 Å². The van der Waals surface area contributed by atoms with E-state index in [1.807, 2.05) is 19.9 Å². The Morgan fingerprint density at radius 1 is 1.14 bits per heavy atom. The molecule has 0 saturated heterocycles. The minimum Gasteiger partial charge on any atom is -0.493 e. The zero-order valence-corrected chi connectivity index (χ0v) is 19.1. The van der Waals surface area contributed by atoms with Crippen LogP contribution < -0.4 is 14.9 Å². The Morgan fingerprint density at radius 3 is 2.63 bits per heavy atom. The predicted molar refractivity (Wildman–Crippen MR) is 126 cm³/mol. The molecule has 178 valence electrons. The molecule has 0 aliphatic rings. The number of nitro groups is 1. The van der Waals surface area contributed by atoms with Crippen molar-refractivity contribution in [2.45, 2.75) is 20.5 Å². The van der Waals surface area contributed by atoms with Crippen molar-refractivity contribution < 1.29 is 19.2 Å². The number of benzene rings is 2. The van der Waals surface area contributed by atoms with Crippen LogP contribution in [0.15, 0.2) is 53.6 Å². The quantitative estimate of drug-likeness (QED) is 0.232. The third-order valence-electron chi connectivity index (χ3n) is 4.93. The monoisotopic (exact) mass is 475 g/mol. The summed E-state index contributed by atoms with van der Waals surface area (Å²) in [6.45, 7) is 3.86. The molecule has 35 heavy (non-hydrogen) atoms. The van der Waals surface area contributed by atoms with Crippen LogP contribution in [0.2, 0.25) is 0 Å². The number of ether oxygens (including phenoxy) is 2. The molecular weight excluding hydrogens is 454 g/mol. The molecule has 0 bridgehead atoms. The number of hydrogen-bond donors (Lipinski definition) is 1. The average molecular weight is 475 g/mol. The van der Waals surface area contributed by atoms with Gasteiger partial charge in [-0.2, -0.15) is 10.1 Å². The first-order chi connectivity index (χ1) is 16.8. The molecule has 0 aliphatic heterocycles. The second-order valence-electron chi connectivity index (χ2n) is 7.51. The Hall–Kier alpha value is -4.87. The van der Waals surface area contributed by atoms with Crippen molar-refractivity contribution in [3.63, 3.8) is 0 Å². The van der Waals surface area contributed by atoms with Crippen LogP contribution in [0.1, 0.15) is 33.1 Å². The lowest BCUT2D eigenvalue weighted by Crippen LogP contribution is -2.19. The van der Waals surface area contributed by atoms with Crippen molar-refractivity contribution in [2.75, 3.05) is 7.11 Å². The molecule has 0 aliphatic carbocycles. The number of methoxy groups -OCH3 is 1. The van der Waals surface area contributed by atoms with E-state index in [9.17, 15) is 14.9 Å². The minimum atomic E-state index is -0.577. The van der Waals surface area contributed by atoms with Gasteiger partial charge in [0.25, 0.3) is 11.5 Å². The summed E-state index contributed by atoms with van der Waals surface area (Å²) in [6, 6.07) is 13.1. The van der Waals surface area contributed by atoms with Crippen LogP contribution in [0.25, 0.3) is 5.78 Å². The normalized spacial score (nSPS) is 11.1. The molecule has 1 amide bonds. The van der Waals surface area contributed by atoms with Crippen LogP contribution in [0.3, 0.4) is 0 Å². The number of nitro benzene ring substituents is 1. The minimum absolute atomic E-state index is 0.00643. The van der Waals surface area contributed by atoms with E-state index in [0.717, 1.165) is 17.0 Å². The van der Waals surface area contributed by atoms with Gasteiger partial charge in [-0.3, -0.25) is 14.9 Å². The Bertz CT molecular complexity index is 1430. The molecule has 0 fully saturated rings. The lowest BCUT2D eigenvalue weighted by Gasteiger charge is -2.11. The highest BCUT2D eigenvalue weighted by Crippen LogP contribution is 2.28. The van der Waals surface area contributed by atoms with Crippen molar-refractivity contribution in [1.82, 2.24) is 25.0 Å². The Kier molecular flexibility index (Phi) is 6.62. The molecule has 1 N–H and O–H groups in total. The summed E-state index contributed by atoms with van der Waals surface area (Å²) in [5.74, 6) is 0.652. The van der Waals surface area contributed by atoms with Crippen molar-refractivity contribution in [1.29, 1.82) is 0 Å². The fraction of sp³-hybridized carbons (Fsp3) is 0.174. The summed E-state index contributed by atoms with van der Waals surface area (Å²) < 4.78 is 12.7. The van der Waals surface area contributed by atoms with E-state index in [2.05, 4.69) is 25.6 Å². The van der Waals surface area contributed by atoms with Crippen molar-refractivity contribution in [2.24, 2.45) is 5.10 Å². The number of hydrogen-bond acceptors (Lipinski definition) is 9. The number of nitrogens with one attached hydrogen (secondary N) is 1. The van der Waals surface area contributed by atoms with Gasteiger partial charge in [0, 0.05) is 23.5 Å². The number of fused-ring (bicyclic) bond motifs is 1. The number of amides is 1. The van der Waals surface area contributed by atoms with E-state index in [0.29, 0.717) is 22.8 Å². The van der Waals surface area contributed by atoms with E-state index in [1.54, 1.807) is 30.3 Å². The second-order valence-corrected chi connectivity index (χ2v) is 7.51. The van der Waals surface area contributed by atoms with Gasteiger partial charge in [-0.15, -0.1) is 5.10 Å². The van der Waals surface area contributed by atoms with Gasteiger partial charge in [-0.25, -0.2) is 14.9 Å². The van der Waals surface area contributed by atoms with Crippen LogP contribution in [0.5, 0.6) is 11.5 Å². The number of rotatable bonds is 8. The maximum Gasteiger partial charge on any atom is 0.311 e. The van der Waals surface area contributed by atoms with Gasteiger partial charge >= 0.3 is 5.91 Å². The Morgan fingerprint density at radius 2 is 1.91 bits per heavy atom. The summed E-state index contributed by atoms with van der Waals surface area (Å²) in [5, 5.41) is 18.9. The number of carbonyl (C=O) groups is 1. The highest BCUT2D eigenvalue weighted by molar-refractivity contribution is 5.91. The van der Waals surface area contributed by atoms with E-state index in [4.69, 9.17) is 9.47 Å². The molecule has 0 radical (unpaired) electrons. The van der Waals surface area contributed by atoms with Gasteiger partial charge in [0.1, 0.15) is 6.61 Å². The first kappa shape index (κ1) is 23.3. The van der Waals surface area contributed by atoms with Crippen molar-refractivity contribution >= 4 is 23.6 Å². The molecule has 0 atom stereocenters. The molecule has 2 aromatic carbocycles. The van der Waals surface area contributed by atoms with Gasteiger partial charge in [0.15, 0.2) is 11.5 Å². The van der Waals surface area contributed by atoms with Gasteiger partial charge < -0.3 is 9.47 Å². The van der Waals surface area contributed by atoms with E-state index >= 15 is 0 Å². The van der Waals surface area contributed by atoms with Crippen LogP contribution in [0.4, 0.5) is 5.69 Å². The van der Waals surface area contributed by atoms with E-state index in [1.165, 1.54) is 30.0 Å². The Labute approximate surface area is 199 Å². The van der Waals surface area contributed by atoms with Gasteiger partial charge in [-0.05, 0) is 61.4 Å². The predicted octanol–water partition coefficient (Wildman–Crippen LogP) is 3.00. The first-order valence-corrected chi connectivity index (χ1v) is 10.4. The molecule has 4 aromatic rings. The first-order valence-electron chi connectivity index (χ1n) is 10.4. The van der Waals surface area contributed by atoms with Gasteiger partial charge in [0.2, 0.25) is 5.82 Å². The summed E-state index contributed by atoms with van der Waals surface area (Å²) in [6.07, 6.45) is 1.44. The number of aryl methyl sites for hydroxylation is 2. The van der Waals surface area contributed by atoms with E-state index < -0.39 is 10.8 Å². The standard InChI is InChI=1S/C23H21N7O5/c1-14-10-15(2)29-23(25-14)26-21(28-29)22(31)27-24-12-17-6-9-19(34-3)20(11-17)35-13-16-4-7-18(8-5-16)30(32)33/h4-12H,13H2,1-3H3,(H,27,31)/b24-12+. The fourth-order valence-electron chi connectivity index (χ4n) is 3.24. The summed E-state index contributed by atoms with van der Waals surface area (Å²) >= 11 is 0. The number of aromatic nitrogens is 4. The highest BCUT2D eigenvalue weighted by atomic mass is 16.6. The fourth-order valence-corrected chi connectivity index (χ4v) is 3.24. The zero-order chi connectivity index (χ0) is 24.9. The number of nitrogens with zero attached hydrogens (tertiary/aromatic N) is 6. The van der Waals surface area contributed by atoms with E-state index in [-0.39, 0.29) is 18.1 Å². The molecule has 0 spiro atoms. The van der Waals surface area contributed by atoms with Crippen LogP contribution in [-0.4, -0.2) is 43.7 Å². The number of carbonyl (C=O) groups excluding carboxylic acids is 1. The molecule has 12 heteroatoms. The third kappa shape index (κ3) is 5.38. The van der Waals surface area contributed by atoms with Crippen LogP contribution >= 0.6 is 0 Å². The number of non-ortho nitro benzene ring substituents is 1. The number of hydrazone groups is 1. The van der Waals surface area contributed by atoms with Crippen molar-refractivity contribution in [3.8, 4) is 11.5 Å². The molecular formula is C23H21N7O5. The average Bonchev–Trinajstić information content (AvgIpc) is 3.27. The highest BCUT2D eigenvalue weighted by Gasteiger charge is 2.14. The largest absolute Gasteiger partial charge is 0.493 e. The van der Waals surface area contributed by atoms with Crippen LogP contribution in [-0.2, 0) is 6.61 Å². The summed E-state index contributed by atoms with van der Waals surface area (Å²) in [7, 11) is 1.52. The second kappa shape index (κ2) is 9.95. The molecule has 2 heterocycles. The van der Waals surface area contributed by atoms with Crippen molar-refractivity contribution in [3.05, 3.63) is 87.0 Å².